The van der Waals surface area contributed by atoms with Gasteiger partial charge in [0.05, 0.1) is 11.4 Å². The van der Waals surface area contributed by atoms with Gasteiger partial charge >= 0.3 is 0 Å². The summed E-state index contributed by atoms with van der Waals surface area (Å²) >= 11 is 0. The molecule has 0 saturated heterocycles. The zero-order chi connectivity index (χ0) is 15.5. The Balaban J connectivity index is 2.25. The largest absolute Gasteiger partial charge is 0.383 e. The van der Waals surface area contributed by atoms with Crippen LogP contribution >= 0.6 is 0 Å². The predicted molar refractivity (Wildman–Crippen MR) is 89.4 cm³/mol. The molecule has 5 heteroatoms. The molecule has 2 aromatic heterocycles. The van der Waals surface area contributed by atoms with Gasteiger partial charge in [-0.3, -0.25) is 0 Å². The molecule has 3 aromatic rings. The van der Waals surface area contributed by atoms with E-state index in [1.807, 2.05) is 35.0 Å². The average Bonchev–Trinajstić information content (AvgIpc) is 2.94. The van der Waals surface area contributed by atoms with Gasteiger partial charge in [0.1, 0.15) is 17.8 Å². The topological polar surface area (TPSA) is 69.6 Å². The van der Waals surface area contributed by atoms with Gasteiger partial charge in [-0.15, -0.1) is 0 Å². The van der Waals surface area contributed by atoms with E-state index in [4.69, 9.17) is 10.8 Å². The fourth-order valence-corrected chi connectivity index (χ4v) is 2.88. The molecule has 0 radical (unpaired) electrons. The summed E-state index contributed by atoms with van der Waals surface area (Å²) in [7, 11) is 0. The number of nitrogen functional groups attached to an aromatic ring is 1. The van der Waals surface area contributed by atoms with Gasteiger partial charge in [-0.25, -0.2) is 14.6 Å². The molecule has 114 valence electrons. The molecule has 5 nitrogen and oxygen atoms in total. The van der Waals surface area contributed by atoms with Crippen LogP contribution in [-0.2, 0) is 0 Å². The molecule has 1 aromatic carbocycles. The summed E-state index contributed by atoms with van der Waals surface area (Å²) in [6.07, 6.45) is 4.72. The summed E-state index contributed by atoms with van der Waals surface area (Å²) in [6, 6.07) is 10.4. The third-order valence-electron chi connectivity index (χ3n) is 4.00. The first-order valence-electron chi connectivity index (χ1n) is 7.80. The normalized spacial score (nSPS) is 12.6. The number of fused-ring (bicyclic) bond motifs is 1. The average molecular weight is 295 g/mol. The van der Waals surface area contributed by atoms with Crippen LogP contribution in [0.25, 0.3) is 22.3 Å². The van der Waals surface area contributed by atoms with E-state index in [1.54, 1.807) is 0 Å². The van der Waals surface area contributed by atoms with Crippen molar-refractivity contribution in [1.82, 2.24) is 19.7 Å². The molecule has 2 heterocycles. The van der Waals surface area contributed by atoms with Crippen LogP contribution in [0.1, 0.15) is 39.2 Å². The third kappa shape index (κ3) is 2.43. The highest BCUT2D eigenvalue weighted by molar-refractivity contribution is 5.98. The number of hydrogen-bond acceptors (Lipinski definition) is 4. The second-order valence-electron chi connectivity index (χ2n) is 5.47. The van der Waals surface area contributed by atoms with Crippen LogP contribution in [0.2, 0.25) is 0 Å². The molecule has 1 atom stereocenters. The van der Waals surface area contributed by atoms with E-state index >= 15 is 0 Å². The van der Waals surface area contributed by atoms with Crippen LogP contribution in [0.4, 0.5) is 5.82 Å². The Labute approximate surface area is 130 Å². The summed E-state index contributed by atoms with van der Waals surface area (Å²) in [5.74, 6) is 0.487. The van der Waals surface area contributed by atoms with Crippen molar-refractivity contribution in [3.8, 4) is 11.3 Å². The van der Waals surface area contributed by atoms with Crippen LogP contribution < -0.4 is 5.73 Å². The zero-order valence-corrected chi connectivity index (χ0v) is 13.0. The summed E-state index contributed by atoms with van der Waals surface area (Å²) < 4.78 is 2.03. The summed E-state index contributed by atoms with van der Waals surface area (Å²) in [6.45, 7) is 4.37. The van der Waals surface area contributed by atoms with Crippen molar-refractivity contribution < 1.29 is 0 Å². The highest BCUT2D eigenvalue weighted by Crippen LogP contribution is 2.32. The van der Waals surface area contributed by atoms with Gasteiger partial charge in [-0.1, -0.05) is 50.6 Å². The zero-order valence-electron chi connectivity index (χ0n) is 13.0. The van der Waals surface area contributed by atoms with Gasteiger partial charge in [0.15, 0.2) is 5.65 Å². The number of anilines is 1. The lowest BCUT2D eigenvalue weighted by atomic mass is 10.1. The minimum Gasteiger partial charge on any atom is -0.383 e. The van der Waals surface area contributed by atoms with E-state index in [0.717, 1.165) is 41.6 Å². The molecule has 3 rings (SSSR count). The molecular formula is C17H21N5. The molecule has 2 N–H and O–H groups in total. The Morgan fingerprint density at radius 1 is 1.14 bits per heavy atom. The van der Waals surface area contributed by atoms with Crippen LogP contribution in [0.3, 0.4) is 0 Å². The molecule has 0 saturated carbocycles. The molecule has 0 aliphatic heterocycles. The highest BCUT2D eigenvalue weighted by atomic mass is 15.3. The lowest BCUT2D eigenvalue weighted by Gasteiger charge is -2.14. The van der Waals surface area contributed by atoms with E-state index in [2.05, 4.69) is 23.8 Å². The third-order valence-corrected chi connectivity index (χ3v) is 4.00. The molecule has 0 aliphatic rings. The fraction of sp³-hybridized carbons (Fsp3) is 0.353. The van der Waals surface area contributed by atoms with E-state index in [0.29, 0.717) is 11.9 Å². The minimum atomic E-state index is 0.333. The van der Waals surface area contributed by atoms with Crippen molar-refractivity contribution >= 4 is 16.9 Å². The van der Waals surface area contributed by atoms with Crippen LogP contribution in [-0.4, -0.2) is 19.7 Å². The van der Waals surface area contributed by atoms with Gasteiger partial charge in [0.25, 0.3) is 0 Å². The van der Waals surface area contributed by atoms with Crippen LogP contribution in [0.15, 0.2) is 36.7 Å². The Bertz CT molecular complexity index is 763. The van der Waals surface area contributed by atoms with Gasteiger partial charge in [-0.2, -0.15) is 5.10 Å². The van der Waals surface area contributed by atoms with E-state index in [1.165, 1.54) is 6.33 Å². The van der Waals surface area contributed by atoms with Crippen molar-refractivity contribution in [3.05, 3.63) is 36.7 Å². The second-order valence-corrected chi connectivity index (χ2v) is 5.47. The standard InChI is InChI=1S/C17H21N5/c1-3-8-13(4-2)22-17-14(16(18)19-11-20-17)15(21-22)12-9-6-5-7-10-12/h5-7,9-11,13H,3-4,8H2,1-2H3,(H2,18,19,20). The first kappa shape index (κ1) is 14.5. The Hall–Kier alpha value is -2.43. The lowest BCUT2D eigenvalue weighted by Crippen LogP contribution is -2.10. The second kappa shape index (κ2) is 6.13. The van der Waals surface area contributed by atoms with E-state index in [9.17, 15) is 0 Å². The first-order valence-corrected chi connectivity index (χ1v) is 7.80. The number of nitrogens with two attached hydrogens (primary N) is 1. The molecule has 0 amide bonds. The highest BCUT2D eigenvalue weighted by Gasteiger charge is 2.20. The van der Waals surface area contributed by atoms with Crippen molar-refractivity contribution in [1.29, 1.82) is 0 Å². The summed E-state index contributed by atoms with van der Waals surface area (Å²) in [4.78, 5) is 8.60. The number of rotatable bonds is 5. The van der Waals surface area contributed by atoms with Crippen LogP contribution in [0.5, 0.6) is 0 Å². The fourth-order valence-electron chi connectivity index (χ4n) is 2.88. The number of hydrogen-bond donors (Lipinski definition) is 1. The first-order chi connectivity index (χ1) is 10.8. The molecule has 1 unspecified atom stereocenters. The van der Waals surface area contributed by atoms with E-state index < -0.39 is 0 Å². The lowest BCUT2D eigenvalue weighted by molar-refractivity contribution is 0.419. The monoisotopic (exact) mass is 295 g/mol. The molecular weight excluding hydrogens is 274 g/mol. The maximum atomic E-state index is 6.12. The van der Waals surface area contributed by atoms with Crippen molar-refractivity contribution in [2.75, 3.05) is 5.73 Å². The Morgan fingerprint density at radius 2 is 1.91 bits per heavy atom. The Kier molecular flexibility index (Phi) is 4.04. The predicted octanol–water partition coefficient (Wildman–Crippen LogP) is 3.83. The van der Waals surface area contributed by atoms with Crippen molar-refractivity contribution in [3.63, 3.8) is 0 Å². The summed E-state index contributed by atoms with van der Waals surface area (Å²) in [5.41, 5.74) is 8.85. The van der Waals surface area contributed by atoms with Gasteiger partial charge in [0.2, 0.25) is 0 Å². The number of benzene rings is 1. The van der Waals surface area contributed by atoms with Crippen LogP contribution in [0, 0.1) is 0 Å². The van der Waals surface area contributed by atoms with Gasteiger partial charge in [0, 0.05) is 5.56 Å². The number of nitrogens with zero attached hydrogens (tertiary/aromatic N) is 4. The quantitative estimate of drug-likeness (QED) is 0.776. The number of aromatic nitrogens is 4. The van der Waals surface area contributed by atoms with Gasteiger partial charge in [-0.05, 0) is 12.8 Å². The smallest absolute Gasteiger partial charge is 0.164 e. The molecule has 0 fully saturated rings. The minimum absolute atomic E-state index is 0.333. The maximum absolute atomic E-state index is 6.12. The van der Waals surface area contributed by atoms with E-state index in [-0.39, 0.29) is 0 Å². The molecule has 0 aliphatic carbocycles. The summed E-state index contributed by atoms with van der Waals surface area (Å²) in [5, 5.41) is 5.69. The Morgan fingerprint density at radius 3 is 2.59 bits per heavy atom. The van der Waals surface area contributed by atoms with Crippen molar-refractivity contribution in [2.24, 2.45) is 0 Å². The van der Waals surface area contributed by atoms with Crippen molar-refractivity contribution in [2.45, 2.75) is 39.2 Å². The maximum Gasteiger partial charge on any atom is 0.164 e. The van der Waals surface area contributed by atoms with Gasteiger partial charge < -0.3 is 5.73 Å². The molecule has 22 heavy (non-hydrogen) atoms. The SMILES string of the molecule is CCCC(CC)n1nc(-c2ccccc2)c2c(N)ncnc21. The molecule has 0 spiro atoms. The molecule has 0 bridgehead atoms.